The number of carbonyl (C=O) groups excluding carboxylic acids is 3. The molecule has 0 aliphatic heterocycles. The zero-order valence-electron chi connectivity index (χ0n) is 27.0. The highest BCUT2D eigenvalue weighted by Gasteiger charge is 2.38. The molecule has 7 nitrogen and oxygen atoms in total. The lowest BCUT2D eigenvalue weighted by atomic mass is 9.95. The van der Waals surface area contributed by atoms with Crippen LogP contribution in [0, 0.1) is 18.3 Å². The van der Waals surface area contributed by atoms with E-state index in [1.54, 1.807) is 37.8 Å². The molecule has 0 spiro atoms. The molecule has 44 heavy (non-hydrogen) atoms. The summed E-state index contributed by atoms with van der Waals surface area (Å²) >= 11 is 0. The van der Waals surface area contributed by atoms with Crippen LogP contribution < -0.4 is 10.6 Å². The van der Waals surface area contributed by atoms with Crippen molar-refractivity contribution in [3.8, 4) is 12.3 Å². The first-order valence-electron chi connectivity index (χ1n) is 15.6. The van der Waals surface area contributed by atoms with E-state index >= 15 is 0 Å². The molecule has 2 N–H and O–H groups in total. The Kier molecular flexibility index (Phi) is 12.4. The van der Waals surface area contributed by atoms with E-state index in [0.717, 1.165) is 36.5 Å². The smallest absolute Gasteiger partial charge is 0.408 e. The van der Waals surface area contributed by atoms with Crippen molar-refractivity contribution >= 4 is 34.4 Å². The van der Waals surface area contributed by atoms with Crippen LogP contribution in [0.15, 0.2) is 66.7 Å². The van der Waals surface area contributed by atoms with Crippen molar-refractivity contribution in [2.24, 2.45) is 5.92 Å². The first kappa shape index (κ1) is 34.2. The predicted octanol–water partition coefficient (Wildman–Crippen LogP) is 7.85. The van der Waals surface area contributed by atoms with Crippen LogP contribution in [0.2, 0.25) is 0 Å². The van der Waals surface area contributed by atoms with Crippen LogP contribution in [0.3, 0.4) is 0 Å². The maximum absolute atomic E-state index is 14.5. The molecule has 0 aromatic heterocycles. The van der Waals surface area contributed by atoms with Crippen molar-refractivity contribution in [3.05, 3.63) is 77.9 Å². The Morgan fingerprint density at radius 2 is 1.57 bits per heavy atom. The number of carbonyl (C=O) groups is 3. The summed E-state index contributed by atoms with van der Waals surface area (Å²) in [6, 6.07) is 18.9. The van der Waals surface area contributed by atoms with Gasteiger partial charge in [0, 0.05) is 17.8 Å². The van der Waals surface area contributed by atoms with E-state index in [1.807, 2.05) is 68.4 Å². The lowest BCUT2D eigenvalue weighted by Crippen LogP contribution is -2.54. The number of terminal acetylenes is 1. The van der Waals surface area contributed by atoms with Gasteiger partial charge in [0.15, 0.2) is 0 Å². The third-order valence-corrected chi connectivity index (χ3v) is 7.38. The molecule has 3 aromatic carbocycles. The van der Waals surface area contributed by atoms with Gasteiger partial charge in [-0.1, -0.05) is 101 Å². The number of nitrogens with zero attached hydrogens (tertiary/aromatic N) is 1. The number of benzene rings is 3. The van der Waals surface area contributed by atoms with Crippen molar-refractivity contribution in [2.75, 3.05) is 11.9 Å². The van der Waals surface area contributed by atoms with Gasteiger partial charge in [-0.3, -0.25) is 9.59 Å². The second-order valence-corrected chi connectivity index (χ2v) is 12.5. The second-order valence-electron chi connectivity index (χ2n) is 12.5. The zero-order chi connectivity index (χ0) is 32.3. The standard InChI is InChI=1S/C37H47N3O4/c1-8-10-11-12-17-24-40(35(42)32(26(3)4)39-36(43)44-37(5,6)7)33(31-21-16-15-18-27(31)9-2)34(41)38-30-23-22-28-19-13-14-20-29(28)25-30/h2,13-16,18-23,25-26,32-33H,8,10-12,17,24H2,1,3-7H3,(H,38,41)(H,39,43). The summed E-state index contributed by atoms with van der Waals surface area (Å²) in [6.45, 7) is 11.5. The Morgan fingerprint density at radius 1 is 0.909 bits per heavy atom. The first-order chi connectivity index (χ1) is 20.9. The lowest BCUT2D eigenvalue weighted by Gasteiger charge is -2.36. The van der Waals surface area contributed by atoms with Gasteiger partial charge in [-0.2, -0.15) is 0 Å². The van der Waals surface area contributed by atoms with Gasteiger partial charge >= 0.3 is 6.09 Å². The number of alkyl carbamates (subject to hydrolysis) is 1. The van der Waals surface area contributed by atoms with Crippen LogP contribution in [-0.2, 0) is 14.3 Å². The monoisotopic (exact) mass is 597 g/mol. The van der Waals surface area contributed by atoms with Gasteiger partial charge < -0.3 is 20.3 Å². The fraction of sp³-hybridized carbons (Fsp3) is 0.432. The van der Waals surface area contributed by atoms with E-state index in [-0.39, 0.29) is 17.7 Å². The third kappa shape index (κ3) is 9.60. The van der Waals surface area contributed by atoms with Gasteiger partial charge in [-0.25, -0.2) is 4.79 Å². The topological polar surface area (TPSA) is 87.7 Å². The van der Waals surface area contributed by atoms with E-state index < -0.39 is 23.8 Å². The maximum Gasteiger partial charge on any atom is 0.408 e. The highest BCUT2D eigenvalue weighted by Crippen LogP contribution is 2.29. The number of unbranched alkanes of at least 4 members (excludes halogenated alkanes) is 4. The van der Waals surface area contributed by atoms with Crippen molar-refractivity contribution in [1.29, 1.82) is 0 Å². The molecule has 0 aliphatic rings. The zero-order valence-corrected chi connectivity index (χ0v) is 27.0. The molecule has 0 fully saturated rings. The average molecular weight is 598 g/mol. The van der Waals surface area contributed by atoms with Crippen LogP contribution in [0.5, 0.6) is 0 Å². The molecule has 0 aliphatic carbocycles. The normalized spacial score (nSPS) is 12.7. The predicted molar refractivity (Wildman–Crippen MR) is 178 cm³/mol. The SMILES string of the molecule is C#Cc1ccccc1C(C(=O)Nc1ccc2ccccc2c1)N(CCCCCCC)C(=O)C(NC(=O)OC(C)(C)C)C(C)C. The van der Waals surface area contributed by atoms with E-state index in [1.165, 1.54) is 0 Å². The Balaban J connectivity index is 2.06. The van der Waals surface area contributed by atoms with Gasteiger partial charge in [0.05, 0.1) is 0 Å². The molecule has 0 saturated carbocycles. The Hall–Kier alpha value is -4.31. The number of amides is 3. The summed E-state index contributed by atoms with van der Waals surface area (Å²) < 4.78 is 5.49. The Morgan fingerprint density at radius 3 is 2.23 bits per heavy atom. The fourth-order valence-corrected chi connectivity index (χ4v) is 5.17. The summed E-state index contributed by atoms with van der Waals surface area (Å²) in [5.74, 6) is 1.67. The quantitative estimate of drug-likeness (QED) is 0.155. The highest BCUT2D eigenvalue weighted by atomic mass is 16.6. The number of fused-ring (bicyclic) bond motifs is 1. The summed E-state index contributed by atoms with van der Waals surface area (Å²) in [4.78, 5) is 43.2. The molecule has 0 radical (unpaired) electrons. The molecule has 7 heteroatoms. The van der Waals surface area contributed by atoms with Gasteiger partial charge in [0.25, 0.3) is 5.91 Å². The molecule has 2 atom stereocenters. The molecular formula is C37H47N3O4. The summed E-state index contributed by atoms with van der Waals surface area (Å²) in [6.07, 6.45) is 10.0. The lowest BCUT2D eigenvalue weighted by molar-refractivity contribution is -0.141. The maximum atomic E-state index is 14.5. The van der Waals surface area contributed by atoms with E-state index in [2.05, 4.69) is 23.5 Å². The Bertz CT molecular complexity index is 1470. The third-order valence-electron chi connectivity index (χ3n) is 7.38. The molecule has 0 heterocycles. The highest BCUT2D eigenvalue weighted by molar-refractivity contribution is 6.00. The minimum Gasteiger partial charge on any atom is -0.444 e. The van der Waals surface area contributed by atoms with Crippen LogP contribution in [-0.4, -0.2) is 41.0 Å². The number of ether oxygens (including phenoxy) is 1. The number of hydrogen-bond acceptors (Lipinski definition) is 4. The minimum atomic E-state index is -1.03. The minimum absolute atomic E-state index is 0.273. The number of rotatable bonds is 13. The molecular weight excluding hydrogens is 550 g/mol. The molecule has 3 aromatic rings. The molecule has 0 bridgehead atoms. The number of nitrogens with one attached hydrogen (secondary N) is 2. The van der Waals surface area contributed by atoms with E-state index in [4.69, 9.17) is 11.2 Å². The largest absolute Gasteiger partial charge is 0.444 e. The van der Waals surface area contributed by atoms with Crippen molar-refractivity contribution in [3.63, 3.8) is 0 Å². The molecule has 234 valence electrons. The summed E-state index contributed by atoms with van der Waals surface area (Å²) in [5.41, 5.74) is 0.951. The van der Waals surface area contributed by atoms with E-state index in [0.29, 0.717) is 29.8 Å². The summed E-state index contributed by atoms with van der Waals surface area (Å²) in [5, 5.41) is 7.87. The summed E-state index contributed by atoms with van der Waals surface area (Å²) in [7, 11) is 0. The van der Waals surface area contributed by atoms with Crippen LogP contribution >= 0.6 is 0 Å². The van der Waals surface area contributed by atoms with Crippen LogP contribution in [0.4, 0.5) is 10.5 Å². The molecule has 2 unspecified atom stereocenters. The first-order valence-corrected chi connectivity index (χ1v) is 15.6. The molecule has 0 saturated heterocycles. The Labute approximate surface area is 262 Å². The molecule has 3 amide bonds. The average Bonchev–Trinajstić information content (AvgIpc) is 2.97. The number of anilines is 1. The van der Waals surface area contributed by atoms with Crippen LogP contribution in [0.25, 0.3) is 10.8 Å². The fourth-order valence-electron chi connectivity index (χ4n) is 5.17. The van der Waals surface area contributed by atoms with Crippen molar-refractivity contribution < 1.29 is 19.1 Å². The van der Waals surface area contributed by atoms with Gasteiger partial charge in [0.1, 0.15) is 17.7 Å². The van der Waals surface area contributed by atoms with Gasteiger partial charge in [-0.05, 0) is 67.6 Å². The van der Waals surface area contributed by atoms with Crippen molar-refractivity contribution in [2.45, 2.75) is 91.3 Å². The van der Waals surface area contributed by atoms with E-state index in [9.17, 15) is 14.4 Å². The molecule has 3 rings (SSSR count). The van der Waals surface area contributed by atoms with Gasteiger partial charge in [0.2, 0.25) is 5.91 Å². The number of hydrogen-bond donors (Lipinski definition) is 2. The van der Waals surface area contributed by atoms with Crippen LogP contribution in [0.1, 0.15) is 90.8 Å². The second kappa shape index (κ2) is 16.0. The van der Waals surface area contributed by atoms with Crippen molar-refractivity contribution in [1.82, 2.24) is 10.2 Å². The van der Waals surface area contributed by atoms with Gasteiger partial charge in [-0.15, -0.1) is 6.42 Å².